The molecule has 0 unspecified atom stereocenters. The van der Waals surface area contributed by atoms with E-state index in [0.29, 0.717) is 29.6 Å². The fourth-order valence-corrected chi connectivity index (χ4v) is 7.22. The molecule has 0 bridgehead atoms. The van der Waals surface area contributed by atoms with Crippen LogP contribution in [0.15, 0.2) is 11.6 Å². The second kappa shape index (κ2) is 5.47. The number of halogens is 1. The maximum atomic E-state index is 10.6. The van der Waals surface area contributed by atoms with Crippen molar-refractivity contribution in [2.75, 3.05) is 5.88 Å². The number of fused-ring (bicyclic) bond motifs is 5. The van der Waals surface area contributed by atoms with Gasteiger partial charge < -0.3 is 10.2 Å². The number of allylic oxidation sites excluding steroid dienone is 1. The third-order valence-electron chi connectivity index (χ3n) is 8.37. The predicted octanol–water partition coefficient (Wildman–Crippen LogP) is 4.14. The molecule has 3 heteroatoms. The van der Waals surface area contributed by atoms with Crippen LogP contribution in [0.25, 0.3) is 0 Å². The van der Waals surface area contributed by atoms with Crippen LogP contribution in [0.2, 0.25) is 0 Å². The first kappa shape index (κ1) is 16.4. The molecule has 0 aromatic rings. The van der Waals surface area contributed by atoms with Crippen LogP contribution in [-0.2, 0) is 0 Å². The quantitative estimate of drug-likeness (QED) is 0.557. The van der Waals surface area contributed by atoms with E-state index in [2.05, 4.69) is 19.9 Å². The Balaban J connectivity index is 1.75. The van der Waals surface area contributed by atoms with Gasteiger partial charge in [-0.05, 0) is 79.4 Å². The van der Waals surface area contributed by atoms with Crippen LogP contribution in [0, 0.1) is 34.5 Å². The van der Waals surface area contributed by atoms with Crippen LogP contribution in [0.1, 0.15) is 58.8 Å². The van der Waals surface area contributed by atoms with E-state index in [1.165, 1.54) is 12.0 Å². The normalized spacial score (nSPS) is 55.6. The van der Waals surface area contributed by atoms with Crippen molar-refractivity contribution in [1.29, 1.82) is 0 Å². The monoisotopic (exact) mass is 338 g/mol. The van der Waals surface area contributed by atoms with Crippen molar-refractivity contribution in [3.05, 3.63) is 11.6 Å². The summed E-state index contributed by atoms with van der Waals surface area (Å²) in [4.78, 5) is 0. The van der Waals surface area contributed by atoms with E-state index in [-0.39, 0.29) is 23.0 Å². The van der Waals surface area contributed by atoms with Gasteiger partial charge in [-0.3, -0.25) is 0 Å². The first-order valence-electron chi connectivity index (χ1n) is 9.53. The zero-order chi connectivity index (χ0) is 16.4. The smallest absolute Gasteiger partial charge is 0.0596 e. The van der Waals surface area contributed by atoms with Crippen LogP contribution in [0.5, 0.6) is 0 Å². The van der Waals surface area contributed by atoms with Gasteiger partial charge in [-0.2, -0.15) is 0 Å². The zero-order valence-corrected chi connectivity index (χ0v) is 15.2. The van der Waals surface area contributed by atoms with Crippen molar-refractivity contribution in [2.24, 2.45) is 34.5 Å². The molecule has 2 nitrogen and oxygen atoms in total. The van der Waals surface area contributed by atoms with E-state index in [9.17, 15) is 10.2 Å². The summed E-state index contributed by atoms with van der Waals surface area (Å²) in [6.45, 7) is 4.77. The van der Waals surface area contributed by atoms with E-state index in [1.54, 1.807) is 0 Å². The molecule has 0 aromatic heterocycles. The Hall–Kier alpha value is -0.0500. The first-order valence-corrected chi connectivity index (χ1v) is 10.1. The number of aliphatic hydroxyl groups is 2. The summed E-state index contributed by atoms with van der Waals surface area (Å²) in [5, 5.41) is 20.7. The van der Waals surface area contributed by atoms with Gasteiger partial charge in [0.1, 0.15) is 0 Å². The van der Waals surface area contributed by atoms with Crippen LogP contribution in [0.4, 0.5) is 0 Å². The lowest BCUT2D eigenvalue weighted by Crippen LogP contribution is -2.54. The summed E-state index contributed by atoms with van der Waals surface area (Å²) < 4.78 is 0. The van der Waals surface area contributed by atoms with Crippen LogP contribution in [0.3, 0.4) is 0 Å². The molecule has 0 radical (unpaired) electrons. The third kappa shape index (κ3) is 2.20. The first-order chi connectivity index (χ1) is 10.9. The van der Waals surface area contributed by atoms with Gasteiger partial charge in [0.05, 0.1) is 12.2 Å². The van der Waals surface area contributed by atoms with Gasteiger partial charge in [0.15, 0.2) is 0 Å². The molecule has 4 aliphatic rings. The summed E-state index contributed by atoms with van der Waals surface area (Å²) in [7, 11) is 0. The van der Waals surface area contributed by atoms with Gasteiger partial charge in [-0.25, -0.2) is 0 Å². The van der Waals surface area contributed by atoms with Gasteiger partial charge in [0.25, 0.3) is 0 Å². The molecule has 0 spiro atoms. The van der Waals surface area contributed by atoms with Gasteiger partial charge >= 0.3 is 0 Å². The zero-order valence-electron chi connectivity index (χ0n) is 14.5. The van der Waals surface area contributed by atoms with Crippen molar-refractivity contribution in [3.63, 3.8) is 0 Å². The molecular weight excluding hydrogens is 308 g/mol. The average molecular weight is 339 g/mol. The topological polar surface area (TPSA) is 40.5 Å². The molecule has 0 amide bonds. The van der Waals surface area contributed by atoms with Crippen LogP contribution >= 0.6 is 11.6 Å². The van der Waals surface area contributed by atoms with E-state index in [4.69, 9.17) is 11.6 Å². The van der Waals surface area contributed by atoms with Gasteiger partial charge in [-0.15, -0.1) is 11.6 Å². The molecule has 3 saturated carbocycles. The minimum atomic E-state index is -0.163. The van der Waals surface area contributed by atoms with E-state index in [0.717, 1.165) is 38.5 Å². The molecule has 4 aliphatic carbocycles. The van der Waals surface area contributed by atoms with Gasteiger partial charge in [0, 0.05) is 5.88 Å². The number of hydrogen-bond acceptors (Lipinski definition) is 2. The predicted molar refractivity (Wildman–Crippen MR) is 93.3 cm³/mol. The van der Waals surface area contributed by atoms with Crippen LogP contribution in [-0.4, -0.2) is 28.3 Å². The highest BCUT2D eigenvalue weighted by Crippen LogP contribution is 2.66. The Morgan fingerprint density at radius 3 is 2.61 bits per heavy atom. The molecule has 0 aliphatic heterocycles. The highest BCUT2D eigenvalue weighted by Gasteiger charge is 2.60. The lowest BCUT2D eigenvalue weighted by molar-refractivity contribution is -0.0842. The Morgan fingerprint density at radius 1 is 1.09 bits per heavy atom. The van der Waals surface area contributed by atoms with Crippen molar-refractivity contribution in [2.45, 2.75) is 71.0 Å². The highest BCUT2D eigenvalue weighted by molar-refractivity contribution is 6.18. The number of alkyl halides is 1. The fraction of sp³-hybridized carbons (Fsp3) is 0.900. The minimum absolute atomic E-state index is 0.0986. The maximum absolute atomic E-state index is 10.6. The Kier molecular flexibility index (Phi) is 3.91. The second-order valence-corrected chi connectivity index (χ2v) is 9.56. The van der Waals surface area contributed by atoms with Crippen molar-refractivity contribution in [3.8, 4) is 0 Å². The molecule has 4 rings (SSSR count). The Bertz CT molecular complexity index is 518. The largest absolute Gasteiger partial charge is 0.393 e. The SMILES string of the molecule is C[C@]12CC[C@H]3[C@@H]([C@@H](CCl)C=C4C[C@@H](O)CC[C@@]43C)[C@@H]1CC[C@@H]2O. The summed E-state index contributed by atoms with van der Waals surface area (Å²) in [5.41, 5.74) is 1.83. The Morgan fingerprint density at radius 2 is 1.87 bits per heavy atom. The van der Waals surface area contributed by atoms with E-state index < -0.39 is 0 Å². The third-order valence-corrected chi connectivity index (χ3v) is 8.73. The Labute approximate surface area is 145 Å². The summed E-state index contributed by atoms with van der Waals surface area (Å²) in [6.07, 6.45) is 9.53. The van der Waals surface area contributed by atoms with E-state index in [1.807, 2.05) is 0 Å². The lowest BCUT2D eigenvalue weighted by atomic mass is 9.46. The standard InChI is InChI=1S/C20H31ClO2/c1-19-7-5-14(22)10-13(19)9-12(11-21)18-15-3-4-17(23)20(15,2)8-6-16(18)19/h9,12,14-18,22-23H,3-8,10-11H2,1-2H3/t12-,14+,15+,16+,17+,18+,19+,20+/m1/s1. The summed E-state index contributed by atoms with van der Waals surface area (Å²) in [6, 6.07) is 0. The number of hydrogen-bond donors (Lipinski definition) is 2. The molecule has 0 saturated heterocycles. The maximum Gasteiger partial charge on any atom is 0.0596 e. The van der Waals surface area contributed by atoms with E-state index >= 15 is 0 Å². The average Bonchev–Trinajstić information content (AvgIpc) is 2.83. The molecule has 3 fully saturated rings. The molecule has 130 valence electrons. The number of aliphatic hydroxyl groups excluding tert-OH is 2. The van der Waals surface area contributed by atoms with Gasteiger partial charge in [-0.1, -0.05) is 25.5 Å². The molecular formula is C20H31ClO2. The van der Waals surface area contributed by atoms with Gasteiger partial charge in [0.2, 0.25) is 0 Å². The van der Waals surface area contributed by atoms with Crippen LogP contribution < -0.4 is 0 Å². The molecule has 0 heterocycles. The minimum Gasteiger partial charge on any atom is -0.393 e. The molecule has 2 N–H and O–H groups in total. The second-order valence-electron chi connectivity index (χ2n) is 9.25. The van der Waals surface area contributed by atoms with Crippen molar-refractivity contribution < 1.29 is 10.2 Å². The lowest BCUT2D eigenvalue weighted by Gasteiger charge is -2.59. The van der Waals surface area contributed by atoms with Crippen molar-refractivity contribution >= 4 is 11.6 Å². The molecule has 0 aromatic carbocycles. The summed E-state index contributed by atoms with van der Waals surface area (Å²) in [5.74, 6) is 3.01. The highest BCUT2D eigenvalue weighted by atomic mass is 35.5. The fourth-order valence-electron chi connectivity index (χ4n) is 6.92. The molecule has 23 heavy (non-hydrogen) atoms. The molecule has 8 atom stereocenters. The number of rotatable bonds is 1. The van der Waals surface area contributed by atoms with Crippen molar-refractivity contribution in [1.82, 2.24) is 0 Å². The summed E-state index contributed by atoms with van der Waals surface area (Å²) >= 11 is 6.42.